The Morgan fingerprint density at radius 2 is 2.08 bits per heavy atom. The van der Waals surface area contributed by atoms with Crippen LogP contribution in [0.15, 0.2) is 17.7 Å². The molecule has 1 rings (SSSR count). The highest BCUT2D eigenvalue weighted by molar-refractivity contribution is 6.72. The molecule has 0 bridgehead atoms. The monoisotopic (exact) mass is 177 g/mol. The summed E-state index contributed by atoms with van der Waals surface area (Å²) in [5.41, 5.74) is 1.41. The van der Waals surface area contributed by atoms with Crippen molar-refractivity contribution in [1.82, 2.24) is 0 Å². The van der Waals surface area contributed by atoms with Crippen LogP contribution in [0.25, 0.3) is 0 Å². The fourth-order valence-corrected chi connectivity index (χ4v) is 2.07. The Labute approximate surface area is 77.2 Å². The lowest BCUT2D eigenvalue weighted by atomic mass is 10.1. The molecule has 1 aliphatic rings. The molecule has 0 heterocycles. The molecular formula is C11H17Si. The molecule has 12 heavy (non-hydrogen) atoms. The number of rotatable bonds is 3. The molecule has 0 fully saturated rings. The summed E-state index contributed by atoms with van der Waals surface area (Å²) in [7, 11) is -0.271. The summed E-state index contributed by atoms with van der Waals surface area (Å²) in [5.74, 6) is 0. The summed E-state index contributed by atoms with van der Waals surface area (Å²) in [6.07, 6.45) is 11.8. The summed E-state index contributed by atoms with van der Waals surface area (Å²) in [6.45, 7) is 6.87. The smallest absolute Gasteiger partial charge is 0.0136 e. The quantitative estimate of drug-likeness (QED) is 0.581. The maximum absolute atomic E-state index is 3.49. The van der Waals surface area contributed by atoms with Gasteiger partial charge in [0, 0.05) is 8.41 Å². The minimum absolute atomic E-state index is 0.271. The van der Waals surface area contributed by atoms with Gasteiger partial charge in [-0.3, -0.25) is 0 Å². The third-order valence-electron chi connectivity index (χ3n) is 2.08. The van der Waals surface area contributed by atoms with Gasteiger partial charge in [0.15, 0.2) is 0 Å². The van der Waals surface area contributed by atoms with Crippen molar-refractivity contribution in [2.75, 3.05) is 0 Å². The molecule has 0 spiro atoms. The lowest BCUT2D eigenvalue weighted by Crippen LogP contribution is -2.00. The molecule has 1 aliphatic carbocycles. The molecule has 0 aliphatic heterocycles. The second-order valence-corrected chi connectivity index (χ2v) is 6.04. The fourth-order valence-electron chi connectivity index (χ4n) is 1.24. The van der Waals surface area contributed by atoms with Crippen molar-refractivity contribution < 1.29 is 0 Å². The van der Waals surface area contributed by atoms with Crippen LogP contribution in [0.1, 0.15) is 26.2 Å². The average molecular weight is 177 g/mol. The first kappa shape index (κ1) is 9.65. The van der Waals surface area contributed by atoms with Crippen LogP contribution in [-0.4, -0.2) is 13.6 Å². The van der Waals surface area contributed by atoms with Gasteiger partial charge >= 0.3 is 0 Å². The van der Waals surface area contributed by atoms with E-state index in [-0.39, 0.29) is 8.41 Å². The number of hydrogen-bond donors (Lipinski definition) is 0. The van der Waals surface area contributed by atoms with E-state index in [1.54, 1.807) is 0 Å². The predicted octanol–water partition coefficient (Wildman–Crippen LogP) is 2.98. The average Bonchev–Trinajstić information content (AvgIpc) is 2.48. The summed E-state index contributed by atoms with van der Waals surface area (Å²) >= 11 is 0. The summed E-state index contributed by atoms with van der Waals surface area (Å²) in [6, 6.07) is 0. The zero-order valence-electron chi connectivity index (χ0n) is 8.28. The van der Waals surface area contributed by atoms with E-state index in [1.807, 2.05) is 0 Å². The number of allylic oxidation sites excluding steroid dienone is 4. The van der Waals surface area contributed by atoms with Crippen LogP contribution in [0.5, 0.6) is 0 Å². The van der Waals surface area contributed by atoms with Gasteiger partial charge in [-0.25, -0.2) is 0 Å². The molecule has 0 saturated heterocycles. The van der Waals surface area contributed by atoms with Crippen LogP contribution < -0.4 is 0 Å². The van der Waals surface area contributed by atoms with Crippen molar-refractivity contribution in [3.05, 3.63) is 23.8 Å². The summed E-state index contributed by atoms with van der Waals surface area (Å²) < 4.78 is 0. The molecule has 1 radical (unpaired) electrons. The number of hydrogen-bond acceptors (Lipinski definition) is 0. The molecule has 0 aromatic rings. The first-order chi connectivity index (χ1) is 5.74. The third kappa shape index (κ3) is 2.56. The van der Waals surface area contributed by atoms with E-state index in [2.05, 4.69) is 38.2 Å². The van der Waals surface area contributed by atoms with Crippen molar-refractivity contribution in [3.8, 4) is 0 Å². The Morgan fingerprint density at radius 3 is 2.58 bits per heavy atom. The normalized spacial score (nSPS) is 15.2. The third-order valence-corrected chi connectivity index (χ3v) is 3.45. The predicted molar refractivity (Wildman–Crippen MR) is 57.9 cm³/mol. The molecule has 0 aromatic heterocycles. The van der Waals surface area contributed by atoms with Crippen LogP contribution in [0.4, 0.5) is 0 Å². The van der Waals surface area contributed by atoms with Crippen LogP contribution >= 0.6 is 0 Å². The molecule has 65 valence electrons. The van der Waals surface area contributed by atoms with Crippen molar-refractivity contribution in [2.24, 2.45) is 0 Å². The molecule has 0 aromatic carbocycles. The van der Waals surface area contributed by atoms with Gasteiger partial charge in [-0.15, -0.1) is 0 Å². The Hall–Kier alpha value is -0.433. The van der Waals surface area contributed by atoms with Crippen molar-refractivity contribution in [2.45, 2.75) is 39.3 Å². The van der Waals surface area contributed by atoms with Crippen LogP contribution in [0.3, 0.4) is 0 Å². The highest BCUT2D eigenvalue weighted by Crippen LogP contribution is 2.13. The van der Waals surface area contributed by atoms with Gasteiger partial charge in [0.25, 0.3) is 0 Å². The van der Waals surface area contributed by atoms with E-state index in [0.29, 0.717) is 0 Å². The van der Waals surface area contributed by atoms with Crippen LogP contribution in [0.2, 0.25) is 13.1 Å². The van der Waals surface area contributed by atoms with E-state index in [4.69, 9.17) is 0 Å². The van der Waals surface area contributed by atoms with Gasteiger partial charge in [-0.05, 0) is 29.7 Å². The molecule has 0 saturated carbocycles. The van der Waals surface area contributed by atoms with Crippen molar-refractivity contribution in [3.63, 3.8) is 0 Å². The fraction of sp³-hybridized carbons (Fsp3) is 0.545. The molecular weight excluding hydrogens is 160 g/mol. The van der Waals surface area contributed by atoms with Crippen molar-refractivity contribution >= 4 is 13.6 Å². The van der Waals surface area contributed by atoms with Crippen LogP contribution in [-0.2, 0) is 0 Å². The standard InChI is InChI=1S/C11H17Si/c1-4-5-6-10-7-8-11(9-10)12(2)3/h7-8H,4-6H2,1-3H3. The molecule has 0 nitrogen and oxygen atoms in total. The minimum Gasteiger partial charge on any atom is -0.0654 e. The lowest BCUT2D eigenvalue weighted by Gasteiger charge is -1.94. The number of unbranched alkanes of at least 4 members (excludes halogenated alkanes) is 1. The lowest BCUT2D eigenvalue weighted by molar-refractivity contribution is 0.798. The van der Waals surface area contributed by atoms with Crippen molar-refractivity contribution in [1.29, 1.82) is 0 Å². The molecule has 0 unspecified atom stereocenters. The second kappa shape index (κ2) is 4.56. The van der Waals surface area contributed by atoms with Crippen LogP contribution in [0, 0.1) is 6.08 Å². The van der Waals surface area contributed by atoms with E-state index in [0.717, 1.165) is 0 Å². The molecule has 1 heteroatoms. The van der Waals surface area contributed by atoms with E-state index in [9.17, 15) is 0 Å². The summed E-state index contributed by atoms with van der Waals surface area (Å²) in [5, 5.41) is 1.46. The van der Waals surface area contributed by atoms with Gasteiger partial charge in [0.05, 0.1) is 0 Å². The van der Waals surface area contributed by atoms with Gasteiger partial charge in [0.2, 0.25) is 0 Å². The van der Waals surface area contributed by atoms with Gasteiger partial charge in [0.1, 0.15) is 0 Å². The zero-order chi connectivity index (χ0) is 8.97. The first-order valence-corrected chi connectivity index (χ1v) is 7.22. The topological polar surface area (TPSA) is 0 Å². The van der Waals surface area contributed by atoms with E-state index in [1.165, 1.54) is 30.0 Å². The Kier molecular flexibility index (Phi) is 3.67. The minimum atomic E-state index is -0.271. The maximum Gasteiger partial charge on any atom is 0.0136 e. The van der Waals surface area contributed by atoms with Gasteiger partial charge in [-0.1, -0.05) is 38.6 Å². The first-order valence-electron chi connectivity index (χ1n) is 4.72. The second-order valence-electron chi connectivity index (χ2n) is 3.50. The van der Waals surface area contributed by atoms with Gasteiger partial charge in [-0.2, -0.15) is 0 Å². The Bertz CT molecular complexity index is 240. The largest absolute Gasteiger partial charge is 0.0654 e. The van der Waals surface area contributed by atoms with E-state index < -0.39 is 0 Å². The molecule has 0 atom stereocenters. The van der Waals surface area contributed by atoms with Gasteiger partial charge < -0.3 is 0 Å². The Balaban J connectivity index is 2.56. The highest BCUT2D eigenvalue weighted by Gasteiger charge is 2.03. The Morgan fingerprint density at radius 1 is 1.33 bits per heavy atom. The summed E-state index contributed by atoms with van der Waals surface area (Å²) in [4.78, 5) is 0. The molecule has 0 amide bonds. The zero-order valence-corrected chi connectivity index (χ0v) is 9.28. The SMILES string of the molecule is CCCCC1=[C]C(=[Si](C)C)C=C1. The highest BCUT2D eigenvalue weighted by atomic mass is 28.2. The maximum atomic E-state index is 3.49. The van der Waals surface area contributed by atoms with E-state index >= 15 is 0 Å². The molecule has 0 N–H and O–H groups in total.